The summed E-state index contributed by atoms with van der Waals surface area (Å²) in [6.45, 7) is 8.16. The van der Waals surface area contributed by atoms with Crippen LogP contribution in [0.4, 0.5) is 0 Å². The third-order valence-corrected chi connectivity index (χ3v) is 3.22. The molecular formula is C13H19N. The molecular weight excluding hydrogens is 170 g/mol. The Morgan fingerprint density at radius 3 is 2.21 bits per heavy atom. The molecule has 0 unspecified atom stereocenters. The van der Waals surface area contributed by atoms with Crippen LogP contribution in [0.25, 0.3) is 0 Å². The highest BCUT2D eigenvalue weighted by molar-refractivity contribution is 5.33. The fourth-order valence-electron chi connectivity index (χ4n) is 2.26. The van der Waals surface area contributed by atoms with E-state index in [4.69, 9.17) is 0 Å². The van der Waals surface area contributed by atoms with Gasteiger partial charge in [0.1, 0.15) is 0 Å². The zero-order valence-corrected chi connectivity index (χ0v) is 9.21. The maximum atomic E-state index is 2.56. The van der Waals surface area contributed by atoms with Crippen molar-refractivity contribution in [1.29, 1.82) is 0 Å². The second kappa shape index (κ2) is 4.14. The second-order valence-corrected chi connectivity index (χ2v) is 4.35. The van der Waals surface area contributed by atoms with Crippen molar-refractivity contribution in [3.05, 3.63) is 34.9 Å². The van der Waals surface area contributed by atoms with E-state index in [2.05, 4.69) is 36.9 Å². The monoisotopic (exact) mass is 189 g/mol. The van der Waals surface area contributed by atoms with Gasteiger partial charge >= 0.3 is 0 Å². The van der Waals surface area contributed by atoms with Gasteiger partial charge in [0.25, 0.3) is 0 Å². The number of benzene rings is 1. The minimum Gasteiger partial charge on any atom is -0.299 e. The molecule has 1 heteroatoms. The van der Waals surface area contributed by atoms with Crippen LogP contribution in [0, 0.1) is 13.8 Å². The Hall–Kier alpha value is -0.820. The third kappa shape index (κ3) is 1.98. The molecule has 14 heavy (non-hydrogen) atoms. The lowest BCUT2D eigenvalue weighted by molar-refractivity contribution is 0.330. The molecule has 0 spiro atoms. The van der Waals surface area contributed by atoms with E-state index >= 15 is 0 Å². The number of likely N-dealkylation sites (tertiary alicyclic amines) is 1. The summed E-state index contributed by atoms with van der Waals surface area (Å²) in [7, 11) is 0. The van der Waals surface area contributed by atoms with Crippen molar-refractivity contribution in [3.63, 3.8) is 0 Å². The lowest BCUT2D eigenvalue weighted by Crippen LogP contribution is -2.19. The molecule has 1 fully saturated rings. The second-order valence-electron chi connectivity index (χ2n) is 4.35. The highest BCUT2D eigenvalue weighted by atomic mass is 15.1. The molecule has 0 aromatic heterocycles. The van der Waals surface area contributed by atoms with Gasteiger partial charge in [-0.05, 0) is 56.5 Å². The molecule has 1 heterocycles. The minimum absolute atomic E-state index is 1.15. The predicted octanol–water partition coefficient (Wildman–Crippen LogP) is 2.90. The molecule has 0 bridgehead atoms. The van der Waals surface area contributed by atoms with Crippen molar-refractivity contribution in [1.82, 2.24) is 4.90 Å². The van der Waals surface area contributed by atoms with Gasteiger partial charge in [-0.2, -0.15) is 0 Å². The van der Waals surface area contributed by atoms with Crippen LogP contribution in [0.5, 0.6) is 0 Å². The van der Waals surface area contributed by atoms with Crippen molar-refractivity contribution >= 4 is 0 Å². The van der Waals surface area contributed by atoms with E-state index in [-0.39, 0.29) is 0 Å². The van der Waals surface area contributed by atoms with Gasteiger partial charge in [-0.15, -0.1) is 0 Å². The maximum absolute atomic E-state index is 2.56. The molecule has 0 saturated carbocycles. The molecule has 0 aliphatic carbocycles. The minimum atomic E-state index is 1.15. The van der Waals surface area contributed by atoms with Crippen molar-refractivity contribution in [2.24, 2.45) is 0 Å². The van der Waals surface area contributed by atoms with Crippen molar-refractivity contribution in [2.45, 2.75) is 33.2 Å². The number of hydrogen-bond acceptors (Lipinski definition) is 1. The van der Waals surface area contributed by atoms with Crippen LogP contribution in [0.15, 0.2) is 18.2 Å². The van der Waals surface area contributed by atoms with E-state index in [0.717, 1.165) is 6.54 Å². The molecule has 1 aliphatic heterocycles. The number of rotatable bonds is 2. The van der Waals surface area contributed by atoms with Crippen LogP contribution in [0.2, 0.25) is 0 Å². The zero-order valence-electron chi connectivity index (χ0n) is 9.21. The summed E-state index contributed by atoms with van der Waals surface area (Å²) < 4.78 is 0. The van der Waals surface area contributed by atoms with Crippen LogP contribution in [-0.2, 0) is 6.54 Å². The van der Waals surface area contributed by atoms with Crippen molar-refractivity contribution in [2.75, 3.05) is 13.1 Å². The highest BCUT2D eigenvalue weighted by Gasteiger charge is 2.13. The highest BCUT2D eigenvalue weighted by Crippen LogP contribution is 2.18. The average molecular weight is 189 g/mol. The van der Waals surface area contributed by atoms with E-state index in [0.29, 0.717) is 0 Å². The van der Waals surface area contributed by atoms with E-state index < -0.39 is 0 Å². The molecule has 0 N–H and O–H groups in total. The topological polar surface area (TPSA) is 3.24 Å². The zero-order chi connectivity index (χ0) is 9.97. The Kier molecular flexibility index (Phi) is 2.87. The normalized spacial score (nSPS) is 17.6. The predicted molar refractivity (Wildman–Crippen MR) is 60.4 cm³/mol. The Balaban J connectivity index is 2.14. The fraction of sp³-hybridized carbons (Fsp3) is 0.538. The summed E-state index contributed by atoms with van der Waals surface area (Å²) in [4.78, 5) is 2.56. The van der Waals surface area contributed by atoms with Gasteiger partial charge in [-0.25, -0.2) is 0 Å². The van der Waals surface area contributed by atoms with E-state index in [1.165, 1.54) is 42.6 Å². The van der Waals surface area contributed by atoms with Crippen LogP contribution in [0.1, 0.15) is 29.5 Å². The quantitative estimate of drug-likeness (QED) is 0.691. The van der Waals surface area contributed by atoms with Crippen LogP contribution in [0.3, 0.4) is 0 Å². The molecule has 1 aromatic carbocycles. The first-order chi connectivity index (χ1) is 6.77. The first-order valence-corrected chi connectivity index (χ1v) is 5.55. The number of aryl methyl sites for hydroxylation is 2. The van der Waals surface area contributed by atoms with Gasteiger partial charge in [-0.3, -0.25) is 4.90 Å². The summed E-state index contributed by atoms with van der Waals surface area (Å²) in [5.41, 5.74) is 4.42. The first-order valence-electron chi connectivity index (χ1n) is 5.55. The molecule has 76 valence electrons. The van der Waals surface area contributed by atoms with E-state index in [9.17, 15) is 0 Å². The third-order valence-electron chi connectivity index (χ3n) is 3.22. The number of nitrogens with zero attached hydrogens (tertiary/aromatic N) is 1. The molecule has 0 radical (unpaired) electrons. The molecule has 1 aromatic rings. The Labute approximate surface area is 86.7 Å². The van der Waals surface area contributed by atoms with E-state index in [1.807, 2.05) is 0 Å². The standard InChI is InChI=1S/C13H19N/c1-11-6-5-7-12(2)13(11)10-14-8-3-4-9-14/h5-7H,3-4,8-10H2,1-2H3. The van der Waals surface area contributed by atoms with Gasteiger partial charge in [0, 0.05) is 6.54 Å². The maximum Gasteiger partial charge on any atom is 0.0238 e. The molecule has 0 amide bonds. The summed E-state index contributed by atoms with van der Waals surface area (Å²) in [6, 6.07) is 6.59. The average Bonchev–Trinajstić information content (AvgIpc) is 2.64. The lowest BCUT2D eigenvalue weighted by Gasteiger charge is -2.18. The summed E-state index contributed by atoms with van der Waals surface area (Å²) in [5.74, 6) is 0. The fourth-order valence-corrected chi connectivity index (χ4v) is 2.26. The summed E-state index contributed by atoms with van der Waals surface area (Å²) in [6.07, 6.45) is 2.76. The number of hydrogen-bond donors (Lipinski definition) is 0. The largest absolute Gasteiger partial charge is 0.299 e. The summed E-state index contributed by atoms with van der Waals surface area (Å²) >= 11 is 0. The molecule has 0 atom stereocenters. The van der Waals surface area contributed by atoms with Crippen LogP contribution in [-0.4, -0.2) is 18.0 Å². The molecule has 2 rings (SSSR count). The van der Waals surface area contributed by atoms with Gasteiger partial charge in [0.2, 0.25) is 0 Å². The molecule has 1 saturated heterocycles. The SMILES string of the molecule is Cc1cccc(C)c1CN1CCCC1. The Morgan fingerprint density at radius 2 is 1.64 bits per heavy atom. The molecule has 1 aliphatic rings. The van der Waals surface area contributed by atoms with Crippen molar-refractivity contribution < 1.29 is 0 Å². The van der Waals surface area contributed by atoms with Crippen molar-refractivity contribution in [3.8, 4) is 0 Å². The van der Waals surface area contributed by atoms with Crippen LogP contribution < -0.4 is 0 Å². The van der Waals surface area contributed by atoms with E-state index in [1.54, 1.807) is 0 Å². The van der Waals surface area contributed by atoms with Crippen LogP contribution >= 0.6 is 0 Å². The van der Waals surface area contributed by atoms with Gasteiger partial charge in [0.15, 0.2) is 0 Å². The van der Waals surface area contributed by atoms with Gasteiger partial charge in [0.05, 0.1) is 0 Å². The van der Waals surface area contributed by atoms with Gasteiger partial charge < -0.3 is 0 Å². The Morgan fingerprint density at radius 1 is 1.07 bits per heavy atom. The lowest BCUT2D eigenvalue weighted by atomic mass is 10.0. The Bertz CT molecular complexity index is 291. The van der Waals surface area contributed by atoms with Gasteiger partial charge in [-0.1, -0.05) is 18.2 Å². The summed E-state index contributed by atoms with van der Waals surface area (Å²) in [5, 5.41) is 0. The smallest absolute Gasteiger partial charge is 0.0238 e. The molecule has 1 nitrogen and oxygen atoms in total. The first kappa shape index (κ1) is 9.72.